The van der Waals surface area contributed by atoms with Gasteiger partial charge in [0.25, 0.3) is 0 Å². The SMILES string of the molecule is CN(C)C[Si]F. The molecule has 0 saturated carbocycles. The molecule has 0 unspecified atom stereocenters. The van der Waals surface area contributed by atoms with Crippen LogP contribution in [0.1, 0.15) is 0 Å². The Morgan fingerprint density at radius 1 is 1.67 bits per heavy atom. The number of nitrogens with zero attached hydrogens (tertiary/aromatic N) is 1. The van der Waals surface area contributed by atoms with Crippen molar-refractivity contribution in [3.05, 3.63) is 0 Å². The molecular weight excluding hydrogens is 97.1 g/mol. The van der Waals surface area contributed by atoms with Crippen molar-refractivity contribution >= 4 is 9.85 Å². The van der Waals surface area contributed by atoms with Crippen LogP contribution in [0, 0.1) is 0 Å². The van der Waals surface area contributed by atoms with Crippen molar-refractivity contribution in [3.8, 4) is 0 Å². The summed E-state index contributed by atoms with van der Waals surface area (Å²) >= 11 is 0. The molecule has 0 rings (SSSR count). The summed E-state index contributed by atoms with van der Waals surface area (Å²) in [6.45, 7) is 0. The molecule has 0 fully saturated rings. The van der Waals surface area contributed by atoms with Crippen LogP contribution >= 0.6 is 0 Å². The molecule has 2 radical (unpaired) electrons. The fraction of sp³-hybridized carbons (Fsp3) is 1.00. The lowest BCUT2D eigenvalue weighted by Gasteiger charge is -2.00. The molecule has 0 aliphatic heterocycles. The van der Waals surface area contributed by atoms with E-state index in [1.54, 1.807) is 0 Å². The predicted octanol–water partition coefficient (Wildman–Crippen LogP) is 0.0942. The van der Waals surface area contributed by atoms with Gasteiger partial charge in [-0.2, -0.15) is 0 Å². The quantitative estimate of drug-likeness (QED) is 0.355. The highest BCUT2D eigenvalue weighted by Gasteiger charge is 1.86. The fourth-order valence-electron chi connectivity index (χ4n) is 0.120. The molecule has 0 amide bonds. The summed E-state index contributed by atoms with van der Waals surface area (Å²) < 4.78 is 11.2. The Hall–Kier alpha value is 0.107. The molecule has 0 spiro atoms. The second-order valence-corrected chi connectivity index (χ2v) is 1.95. The fourth-order valence-corrected chi connectivity index (χ4v) is 0.359. The van der Waals surface area contributed by atoms with Crippen LogP contribution in [-0.2, 0) is 0 Å². The van der Waals surface area contributed by atoms with Crippen molar-refractivity contribution in [1.82, 2.24) is 4.90 Å². The molecule has 0 aromatic heterocycles. The molecule has 0 atom stereocenters. The molecule has 36 valence electrons. The normalized spacial score (nSPS) is 10.0. The topological polar surface area (TPSA) is 3.24 Å². The van der Waals surface area contributed by atoms with E-state index in [1.165, 1.54) is 0 Å². The summed E-state index contributed by atoms with van der Waals surface area (Å²) in [5.41, 5.74) is 0. The largest absolute Gasteiger partial charge is 0.314 e. The van der Waals surface area contributed by atoms with E-state index in [-0.39, 0.29) is 0 Å². The van der Waals surface area contributed by atoms with Crippen LogP contribution < -0.4 is 0 Å². The highest BCUT2D eigenvalue weighted by Crippen LogP contribution is 1.68. The van der Waals surface area contributed by atoms with Gasteiger partial charge in [0.05, 0.1) is 0 Å². The average Bonchev–Trinajstić information content (AvgIpc) is 1.35. The first kappa shape index (κ1) is 6.11. The summed E-state index contributed by atoms with van der Waals surface area (Å²) in [5, 5.41) is 0. The van der Waals surface area contributed by atoms with E-state index in [0.29, 0.717) is 6.17 Å². The second kappa shape index (κ2) is 3.30. The molecule has 3 heteroatoms. The van der Waals surface area contributed by atoms with E-state index in [9.17, 15) is 4.11 Å². The van der Waals surface area contributed by atoms with Crippen molar-refractivity contribution in [3.63, 3.8) is 0 Å². The van der Waals surface area contributed by atoms with Gasteiger partial charge in [0.2, 0.25) is 0 Å². The zero-order valence-corrected chi connectivity index (χ0v) is 5.03. The first-order valence-corrected chi connectivity index (χ1v) is 2.84. The molecule has 0 saturated heterocycles. The van der Waals surface area contributed by atoms with Gasteiger partial charge in [-0.25, -0.2) is 0 Å². The van der Waals surface area contributed by atoms with Gasteiger partial charge in [0, 0.05) is 6.17 Å². The summed E-state index contributed by atoms with van der Waals surface area (Å²) in [4.78, 5) is 1.82. The minimum Gasteiger partial charge on any atom is -0.314 e. The molecule has 0 aromatic carbocycles. The predicted molar refractivity (Wildman–Crippen MR) is 25.4 cm³/mol. The molecule has 6 heavy (non-hydrogen) atoms. The Morgan fingerprint density at radius 3 is 2.17 bits per heavy atom. The van der Waals surface area contributed by atoms with E-state index in [1.807, 2.05) is 19.0 Å². The highest BCUT2D eigenvalue weighted by atomic mass is 28.3. The molecule has 0 aliphatic carbocycles. The maximum absolute atomic E-state index is 11.2. The van der Waals surface area contributed by atoms with Crippen molar-refractivity contribution in [1.29, 1.82) is 0 Å². The molecule has 0 aliphatic rings. The van der Waals surface area contributed by atoms with Gasteiger partial charge < -0.3 is 9.01 Å². The lowest BCUT2D eigenvalue weighted by Crippen LogP contribution is -2.15. The third kappa shape index (κ3) is 4.11. The Kier molecular flexibility index (Phi) is 3.36. The van der Waals surface area contributed by atoms with E-state index in [4.69, 9.17) is 0 Å². The molecule has 0 bridgehead atoms. The second-order valence-electron chi connectivity index (χ2n) is 1.37. The maximum atomic E-state index is 11.2. The van der Waals surface area contributed by atoms with Crippen molar-refractivity contribution < 1.29 is 4.11 Å². The van der Waals surface area contributed by atoms with Gasteiger partial charge in [-0.3, -0.25) is 0 Å². The Morgan fingerprint density at radius 2 is 2.17 bits per heavy atom. The van der Waals surface area contributed by atoms with E-state index < -0.39 is 9.85 Å². The van der Waals surface area contributed by atoms with Crippen molar-refractivity contribution in [2.75, 3.05) is 20.3 Å². The number of hydrogen-bond acceptors (Lipinski definition) is 1. The Labute approximate surface area is 40.1 Å². The zero-order chi connectivity index (χ0) is 4.99. The van der Waals surface area contributed by atoms with Gasteiger partial charge in [0.1, 0.15) is 0 Å². The summed E-state index contributed by atoms with van der Waals surface area (Å²) in [6, 6.07) is 0. The van der Waals surface area contributed by atoms with E-state index in [2.05, 4.69) is 0 Å². The third-order valence-corrected chi connectivity index (χ3v) is 1.13. The van der Waals surface area contributed by atoms with E-state index >= 15 is 0 Å². The number of halogens is 1. The highest BCUT2D eigenvalue weighted by molar-refractivity contribution is 6.26. The first-order valence-electron chi connectivity index (χ1n) is 1.75. The molecule has 0 heterocycles. The van der Waals surface area contributed by atoms with E-state index in [0.717, 1.165) is 0 Å². The third-order valence-electron chi connectivity index (χ3n) is 0.376. The average molecular weight is 105 g/mol. The van der Waals surface area contributed by atoms with Gasteiger partial charge in [0.15, 0.2) is 0 Å². The van der Waals surface area contributed by atoms with Crippen LogP contribution in [0.5, 0.6) is 0 Å². The minimum atomic E-state index is -0.436. The first-order chi connectivity index (χ1) is 2.77. The smallest absolute Gasteiger partial charge is 0.310 e. The van der Waals surface area contributed by atoms with Crippen LogP contribution in [0.4, 0.5) is 4.11 Å². The Balaban J connectivity index is 2.63. The summed E-state index contributed by atoms with van der Waals surface area (Å²) in [6.07, 6.45) is 0.569. The van der Waals surface area contributed by atoms with Crippen LogP contribution in [-0.4, -0.2) is 35.0 Å². The standard InChI is InChI=1S/C3H8FNSi/c1-5(2)3-6-4/h3H2,1-2H3. The van der Waals surface area contributed by atoms with Gasteiger partial charge >= 0.3 is 9.85 Å². The molecule has 0 N–H and O–H groups in total. The Bertz CT molecular complexity index is 32.0. The van der Waals surface area contributed by atoms with Gasteiger partial charge in [-0.1, -0.05) is 0 Å². The van der Waals surface area contributed by atoms with Crippen molar-refractivity contribution in [2.45, 2.75) is 0 Å². The lowest BCUT2D eigenvalue weighted by atomic mass is 11.0. The molecule has 1 nitrogen and oxygen atoms in total. The number of rotatable bonds is 2. The van der Waals surface area contributed by atoms with Crippen LogP contribution in [0.2, 0.25) is 0 Å². The lowest BCUT2D eigenvalue weighted by molar-refractivity contribution is 0.469. The zero-order valence-electron chi connectivity index (χ0n) is 4.03. The van der Waals surface area contributed by atoms with Crippen LogP contribution in [0.3, 0.4) is 0 Å². The van der Waals surface area contributed by atoms with Crippen molar-refractivity contribution in [2.24, 2.45) is 0 Å². The van der Waals surface area contributed by atoms with Gasteiger partial charge in [-0.15, -0.1) is 0 Å². The maximum Gasteiger partial charge on any atom is 0.310 e. The van der Waals surface area contributed by atoms with Crippen LogP contribution in [0.15, 0.2) is 0 Å². The molecular formula is C3H8FNSi. The van der Waals surface area contributed by atoms with Gasteiger partial charge in [-0.05, 0) is 14.1 Å². The molecule has 0 aromatic rings. The summed E-state index contributed by atoms with van der Waals surface area (Å²) in [5.74, 6) is 0. The number of hydrogen-bond donors (Lipinski definition) is 0. The minimum absolute atomic E-state index is 0.436. The van der Waals surface area contributed by atoms with Crippen LogP contribution in [0.25, 0.3) is 0 Å². The monoisotopic (exact) mass is 105 g/mol. The summed E-state index contributed by atoms with van der Waals surface area (Å²) in [7, 11) is 3.27.